The molecule has 0 saturated heterocycles. The standard InChI is InChI=1S/C19H15NO/c21-19-16-10-4-8-15-9-5-11-17(18(15)16)20(19)13-12-14-6-2-1-3-7-14/h1-11H,12-13H2. The zero-order valence-electron chi connectivity index (χ0n) is 11.6. The Morgan fingerprint density at radius 2 is 1.57 bits per heavy atom. The highest BCUT2D eigenvalue weighted by molar-refractivity contribution is 6.24. The topological polar surface area (TPSA) is 20.3 Å². The van der Waals surface area contributed by atoms with Crippen LogP contribution in [0.5, 0.6) is 0 Å². The van der Waals surface area contributed by atoms with Crippen molar-refractivity contribution in [2.24, 2.45) is 0 Å². The van der Waals surface area contributed by atoms with Gasteiger partial charge in [0.15, 0.2) is 0 Å². The van der Waals surface area contributed by atoms with Gasteiger partial charge in [-0.25, -0.2) is 0 Å². The Kier molecular flexibility index (Phi) is 2.74. The minimum absolute atomic E-state index is 0.123. The first-order valence-electron chi connectivity index (χ1n) is 7.22. The third-order valence-electron chi connectivity index (χ3n) is 4.12. The maximum absolute atomic E-state index is 12.6. The SMILES string of the molecule is O=C1c2cccc3cccc(c23)N1CCc1ccccc1. The molecule has 2 nitrogen and oxygen atoms in total. The van der Waals surface area contributed by atoms with E-state index in [9.17, 15) is 4.79 Å². The molecule has 4 rings (SSSR count). The molecule has 0 radical (unpaired) electrons. The number of carbonyl (C=O) groups excluding carboxylic acids is 1. The van der Waals surface area contributed by atoms with Crippen LogP contribution in [-0.4, -0.2) is 12.5 Å². The van der Waals surface area contributed by atoms with E-state index in [1.165, 1.54) is 5.56 Å². The number of amides is 1. The van der Waals surface area contributed by atoms with Crippen molar-refractivity contribution >= 4 is 22.4 Å². The third kappa shape index (κ3) is 1.91. The molecular weight excluding hydrogens is 258 g/mol. The molecule has 2 heteroatoms. The van der Waals surface area contributed by atoms with Crippen LogP contribution in [0, 0.1) is 0 Å². The summed E-state index contributed by atoms with van der Waals surface area (Å²) < 4.78 is 0. The van der Waals surface area contributed by atoms with E-state index in [1.54, 1.807) is 0 Å². The quantitative estimate of drug-likeness (QED) is 0.705. The third-order valence-corrected chi connectivity index (χ3v) is 4.12. The van der Waals surface area contributed by atoms with Gasteiger partial charge in [-0.2, -0.15) is 0 Å². The molecule has 1 amide bonds. The van der Waals surface area contributed by atoms with Gasteiger partial charge in [-0.15, -0.1) is 0 Å². The first kappa shape index (κ1) is 12.2. The molecule has 0 N–H and O–H groups in total. The molecule has 102 valence electrons. The van der Waals surface area contributed by atoms with Crippen LogP contribution in [0.1, 0.15) is 15.9 Å². The van der Waals surface area contributed by atoms with Crippen molar-refractivity contribution in [3.8, 4) is 0 Å². The van der Waals surface area contributed by atoms with Crippen molar-refractivity contribution in [3.05, 3.63) is 77.9 Å². The summed E-state index contributed by atoms with van der Waals surface area (Å²) in [7, 11) is 0. The Hall–Kier alpha value is -2.61. The zero-order valence-corrected chi connectivity index (χ0v) is 11.6. The summed E-state index contributed by atoms with van der Waals surface area (Å²) in [5, 5.41) is 2.23. The van der Waals surface area contributed by atoms with Gasteiger partial charge in [-0.1, -0.05) is 54.6 Å². The highest BCUT2D eigenvalue weighted by Crippen LogP contribution is 2.37. The maximum atomic E-state index is 12.6. The predicted octanol–water partition coefficient (Wildman–Crippen LogP) is 4.04. The van der Waals surface area contributed by atoms with Crippen molar-refractivity contribution in [1.29, 1.82) is 0 Å². The number of rotatable bonds is 3. The lowest BCUT2D eigenvalue weighted by Crippen LogP contribution is -2.28. The maximum Gasteiger partial charge on any atom is 0.259 e. The molecule has 0 aliphatic carbocycles. The number of hydrogen-bond acceptors (Lipinski definition) is 1. The highest BCUT2D eigenvalue weighted by Gasteiger charge is 2.28. The van der Waals surface area contributed by atoms with E-state index in [0.29, 0.717) is 0 Å². The molecule has 0 unspecified atom stereocenters. The zero-order chi connectivity index (χ0) is 14.2. The molecular formula is C19H15NO. The molecule has 0 spiro atoms. The average Bonchev–Trinajstić information content (AvgIpc) is 2.81. The van der Waals surface area contributed by atoms with Gasteiger partial charge in [-0.05, 0) is 29.5 Å². The summed E-state index contributed by atoms with van der Waals surface area (Å²) in [6, 6.07) is 22.4. The fraction of sp³-hybridized carbons (Fsp3) is 0.105. The van der Waals surface area contributed by atoms with E-state index in [0.717, 1.165) is 35.0 Å². The molecule has 3 aromatic carbocycles. The number of hydrogen-bond donors (Lipinski definition) is 0. The summed E-state index contributed by atoms with van der Waals surface area (Å²) in [5.41, 5.74) is 3.13. The molecule has 1 aliphatic rings. The second-order valence-corrected chi connectivity index (χ2v) is 5.37. The molecule has 0 fully saturated rings. The minimum atomic E-state index is 0.123. The fourth-order valence-electron chi connectivity index (χ4n) is 3.09. The monoisotopic (exact) mass is 273 g/mol. The number of nitrogens with zero attached hydrogens (tertiary/aromatic N) is 1. The van der Waals surface area contributed by atoms with Gasteiger partial charge in [0.1, 0.15) is 0 Å². The van der Waals surface area contributed by atoms with Crippen molar-refractivity contribution in [2.75, 3.05) is 11.4 Å². The summed E-state index contributed by atoms with van der Waals surface area (Å²) >= 11 is 0. The van der Waals surface area contributed by atoms with Crippen LogP contribution in [-0.2, 0) is 6.42 Å². The molecule has 0 bridgehead atoms. The molecule has 0 atom stereocenters. The van der Waals surface area contributed by atoms with Crippen LogP contribution in [0.4, 0.5) is 5.69 Å². The molecule has 1 aliphatic heterocycles. The lowest BCUT2D eigenvalue weighted by molar-refractivity contribution is 0.0993. The van der Waals surface area contributed by atoms with Crippen molar-refractivity contribution in [1.82, 2.24) is 0 Å². The van der Waals surface area contributed by atoms with E-state index >= 15 is 0 Å². The van der Waals surface area contributed by atoms with Gasteiger partial charge >= 0.3 is 0 Å². The summed E-state index contributed by atoms with van der Waals surface area (Å²) in [6.45, 7) is 0.719. The highest BCUT2D eigenvalue weighted by atomic mass is 16.2. The average molecular weight is 273 g/mol. The molecule has 3 aromatic rings. The van der Waals surface area contributed by atoms with Gasteiger partial charge < -0.3 is 4.90 Å². The summed E-state index contributed by atoms with van der Waals surface area (Å²) in [6.07, 6.45) is 0.872. The van der Waals surface area contributed by atoms with Gasteiger partial charge in [0.2, 0.25) is 0 Å². The Labute approximate surface area is 123 Å². The molecule has 1 heterocycles. The van der Waals surface area contributed by atoms with Gasteiger partial charge in [-0.3, -0.25) is 4.79 Å². The van der Waals surface area contributed by atoms with Gasteiger partial charge in [0, 0.05) is 17.5 Å². The lowest BCUT2D eigenvalue weighted by atomic mass is 10.1. The van der Waals surface area contributed by atoms with Crippen LogP contribution in [0.3, 0.4) is 0 Å². The van der Waals surface area contributed by atoms with Crippen LogP contribution < -0.4 is 4.90 Å². The largest absolute Gasteiger partial charge is 0.307 e. The van der Waals surface area contributed by atoms with Crippen molar-refractivity contribution in [3.63, 3.8) is 0 Å². The van der Waals surface area contributed by atoms with E-state index < -0.39 is 0 Å². The Bertz CT molecular complexity index is 818. The number of benzene rings is 3. The minimum Gasteiger partial charge on any atom is -0.307 e. The molecule has 21 heavy (non-hydrogen) atoms. The number of carbonyl (C=O) groups is 1. The summed E-state index contributed by atoms with van der Waals surface area (Å²) in [4.78, 5) is 14.5. The predicted molar refractivity (Wildman–Crippen MR) is 85.8 cm³/mol. The van der Waals surface area contributed by atoms with Crippen LogP contribution in [0.25, 0.3) is 10.8 Å². The fourth-order valence-corrected chi connectivity index (χ4v) is 3.09. The molecule has 0 saturated carbocycles. The second kappa shape index (κ2) is 4.74. The van der Waals surface area contributed by atoms with E-state index in [1.807, 2.05) is 47.4 Å². The van der Waals surface area contributed by atoms with Crippen LogP contribution in [0.2, 0.25) is 0 Å². The smallest absolute Gasteiger partial charge is 0.259 e. The van der Waals surface area contributed by atoms with E-state index in [2.05, 4.69) is 24.3 Å². The van der Waals surface area contributed by atoms with Gasteiger partial charge in [0.05, 0.1) is 5.69 Å². The number of anilines is 1. The lowest BCUT2D eigenvalue weighted by Gasteiger charge is -2.17. The Balaban J connectivity index is 1.70. The van der Waals surface area contributed by atoms with Crippen molar-refractivity contribution in [2.45, 2.75) is 6.42 Å². The summed E-state index contributed by atoms with van der Waals surface area (Å²) in [5.74, 6) is 0.123. The Morgan fingerprint density at radius 1 is 0.810 bits per heavy atom. The Morgan fingerprint density at radius 3 is 2.38 bits per heavy atom. The van der Waals surface area contributed by atoms with Crippen LogP contribution in [0.15, 0.2) is 66.7 Å². The van der Waals surface area contributed by atoms with E-state index in [4.69, 9.17) is 0 Å². The normalized spacial score (nSPS) is 13.1. The first-order chi connectivity index (χ1) is 10.3. The molecule has 0 aromatic heterocycles. The van der Waals surface area contributed by atoms with E-state index in [-0.39, 0.29) is 5.91 Å². The second-order valence-electron chi connectivity index (χ2n) is 5.37. The van der Waals surface area contributed by atoms with Crippen LogP contribution >= 0.6 is 0 Å². The first-order valence-corrected chi connectivity index (χ1v) is 7.22. The van der Waals surface area contributed by atoms with Crippen molar-refractivity contribution < 1.29 is 4.79 Å². The van der Waals surface area contributed by atoms with Gasteiger partial charge in [0.25, 0.3) is 5.91 Å².